The molecule has 1 amide bonds. The second kappa shape index (κ2) is 9.95. The molecular weight excluding hydrogens is 499 g/mol. The predicted molar refractivity (Wildman–Crippen MR) is 141 cm³/mol. The lowest BCUT2D eigenvalue weighted by molar-refractivity contribution is -0.120. The van der Waals surface area contributed by atoms with Crippen LogP contribution in [0.3, 0.4) is 0 Å². The number of benzene rings is 3. The molecule has 5 nitrogen and oxygen atoms in total. The van der Waals surface area contributed by atoms with E-state index in [4.69, 9.17) is 39.8 Å². The Morgan fingerprint density at radius 1 is 1.00 bits per heavy atom. The van der Waals surface area contributed by atoms with Gasteiger partial charge in [0.2, 0.25) is 0 Å². The number of rotatable bonds is 5. The van der Waals surface area contributed by atoms with E-state index in [1.807, 2.05) is 37.3 Å². The van der Waals surface area contributed by atoms with E-state index < -0.39 is 11.7 Å². The van der Waals surface area contributed by atoms with Crippen molar-refractivity contribution in [2.75, 3.05) is 17.3 Å². The topological polar surface area (TPSA) is 56.7 Å². The fourth-order valence-electron chi connectivity index (χ4n) is 3.55. The number of benzodiazepines with no additional fused rings is 1. The molecule has 0 saturated carbocycles. The summed E-state index contributed by atoms with van der Waals surface area (Å²) in [6.07, 6.45) is -0.927. The van der Waals surface area contributed by atoms with Crippen LogP contribution in [-0.2, 0) is 4.79 Å². The summed E-state index contributed by atoms with van der Waals surface area (Å²) in [5.74, 6) is -0.247. The van der Waals surface area contributed by atoms with E-state index in [9.17, 15) is 4.79 Å². The summed E-state index contributed by atoms with van der Waals surface area (Å²) in [6, 6.07) is 18.3. The number of likely N-dealkylation sites (N-methyl/N-ethyl adjacent to an activating group) is 1. The van der Waals surface area contributed by atoms with Gasteiger partial charge in [0, 0.05) is 38.9 Å². The van der Waals surface area contributed by atoms with Gasteiger partial charge in [-0.05, 0) is 48.9 Å². The number of fused-ring (bicyclic) bond motifs is 1. The zero-order valence-electron chi connectivity index (χ0n) is 17.8. The van der Waals surface area contributed by atoms with Crippen LogP contribution in [-0.4, -0.2) is 30.3 Å². The van der Waals surface area contributed by atoms with Crippen LogP contribution in [0.5, 0.6) is 0 Å². The third-order valence-corrected chi connectivity index (χ3v) is 6.57. The average Bonchev–Trinajstić information content (AvgIpc) is 2.87. The normalized spacial score (nSPS) is 16.7. The van der Waals surface area contributed by atoms with Crippen LogP contribution in [0.25, 0.3) is 0 Å². The number of anilines is 2. The standard InChI is InChI=1S/C24H21Cl3N4OS/c1-13-7-9-15(12-19(13)27)28-24(33)30-22-23(32)31(2)20-10-8-14(25)11-17(20)21(29-22)16-5-3-4-6-18(16)26/h3-12,22,24,28,30,33H,1-2H3. The molecule has 0 aromatic heterocycles. The molecule has 33 heavy (non-hydrogen) atoms. The summed E-state index contributed by atoms with van der Waals surface area (Å²) in [4.78, 5) is 19.7. The van der Waals surface area contributed by atoms with Gasteiger partial charge in [-0.25, -0.2) is 0 Å². The highest BCUT2D eigenvalue weighted by molar-refractivity contribution is 7.81. The number of aryl methyl sites for hydroxylation is 1. The Morgan fingerprint density at radius 3 is 2.48 bits per heavy atom. The van der Waals surface area contributed by atoms with Gasteiger partial charge in [0.1, 0.15) is 5.50 Å². The van der Waals surface area contributed by atoms with Crippen molar-refractivity contribution in [3.63, 3.8) is 0 Å². The fourth-order valence-corrected chi connectivity index (χ4v) is 4.42. The molecule has 0 fully saturated rings. The molecule has 0 radical (unpaired) electrons. The number of halogens is 3. The minimum absolute atomic E-state index is 0.247. The van der Waals surface area contributed by atoms with Crippen molar-refractivity contribution in [2.24, 2.45) is 4.99 Å². The van der Waals surface area contributed by atoms with E-state index >= 15 is 0 Å². The van der Waals surface area contributed by atoms with Gasteiger partial charge < -0.3 is 10.2 Å². The second-order valence-corrected chi connectivity index (χ2v) is 9.36. The predicted octanol–water partition coefficient (Wildman–Crippen LogP) is 6.01. The van der Waals surface area contributed by atoms with Crippen molar-refractivity contribution >= 4 is 70.4 Å². The zero-order valence-corrected chi connectivity index (χ0v) is 21.0. The number of thiol groups is 1. The highest BCUT2D eigenvalue weighted by Crippen LogP contribution is 2.32. The largest absolute Gasteiger partial charge is 0.361 e. The summed E-state index contributed by atoms with van der Waals surface area (Å²) in [5, 5.41) is 8.03. The lowest BCUT2D eigenvalue weighted by atomic mass is 10.00. The van der Waals surface area contributed by atoms with Gasteiger partial charge in [0.15, 0.2) is 6.17 Å². The van der Waals surface area contributed by atoms with Gasteiger partial charge in [-0.1, -0.05) is 59.1 Å². The highest BCUT2D eigenvalue weighted by Gasteiger charge is 2.31. The van der Waals surface area contributed by atoms with Crippen LogP contribution < -0.4 is 15.5 Å². The Kier molecular flexibility index (Phi) is 7.22. The van der Waals surface area contributed by atoms with E-state index in [-0.39, 0.29) is 5.91 Å². The Labute approximate surface area is 213 Å². The maximum absolute atomic E-state index is 13.3. The first-order valence-corrected chi connectivity index (χ1v) is 11.8. The number of nitrogens with zero attached hydrogens (tertiary/aromatic N) is 2. The van der Waals surface area contributed by atoms with Crippen LogP contribution >= 0.6 is 47.4 Å². The van der Waals surface area contributed by atoms with E-state index in [0.717, 1.165) is 11.3 Å². The maximum Gasteiger partial charge on any atom is 0.266 e. The molecule has 0 saturated heterocycles. The van der Waals surface area contributed by atoms with E-state index in [1.54, 1.807) is 42.3 Å². The minimum atomic E-state index is -0.927. The summed E-state index contributed by atoms with van der Waals surface area (Å²) in [5.41, 5.74) is 3.80. The molecular formula is C24H21Cl3N4OS. The summed E-state index contributed by atoms with van der Waals surface area (Å²) >= 11 is 23.6. The number of nitrogens with one attached hydrogen (secondary N) is 2. The molecule has 3 aromatic carbocycles. The Morgan fingerprint density at radius 2 is 1.76 bits per heavy atom. The van der Waals surface area contributed by atoms with Crippen molar-refractivity contribution in [3.05, 3.63) is 92.4 Å². The van der Waals surface area contributed by atoms with Gasteiger partial charge >= 0.3 is 0 Å². The Hall–Kier alpha value is -2.22. The Bertz CT molecular complexity index is 1250. The molecule has 1 aliphatic rings. The highest BCUT2D eigenvalue weighted by atomic mass is 35.5. The first-order chi connectivity index (χ1) is 15.7. The van der Waals surface area contributed by atoms with Crippen molar-refractivity contribution in [1.82, 2.24) is 5.32 Å². The second-order valence-electron chi connectivity index (χ2n) is 7.60. The molecule has 0 aliphatic carbocycles. The van der Waals surface area contributed by atoms with Crippen LogP contribution in [0.1, 0.15) is 16.7 Å². The van der Waals surface area contributed by atoms with Gasteiger partial charge in [0.05, 0.1) is 11.4 Å². The van der Waals surface area contributed by atoms with Crippen LogP contribution in [0, 0.1) is 6.92 Å². The smallest absolute Gasteiger partial charge is 0.266 e. The fraction of sp³-hybridized carbons (Fsp3) is 0.167. The van der Waals surface area contributed by atoms with Gasteiger partial charge in [-0.15, -0.1) is 12.6 Å². The van der Waals surface area contributed by atoms with Crippen molar-refractivity contribution < 1.29 is 4.79 Å². The molecule has 2 atom stereocenters. The number of carbonyl (C=O) groups excluding carboxylic acids is 1. The molecule has 1 aliphatic heterocycles. The van der Waals surface area contributed by atoms with Crippen LogP contribution in [0.4, 0.5) is 11.4 Å². The average molecular weight is 520 g/mol. The first-order valence-electron chi connectivity index (χ1n) is 10.1. The number of hydrogen-bond donors (Lipinski definition) is 3. The molecule has 3 aromatic rings. The number of hydrogen-bond acceptors (Lipinski definition) is 5. The third-order valence-electron chi connectivity index (χ3n) is 5.32. The monoisotopic (exact) mass is 518 g/mol. The summed E-state index contributed by atoms with van der Waals surface area (Å²) in [7, 11) is 1.70. The third kappa shape index (κ3) is 5.15. The SMILES string of the molecule is Cc1ccc(NC(S)NC2N=C(c3ccccc3Cl)c3cc(Cl)ccc3N(C)C2=O)cc1Cl. The number of amides is 1. The molecule has 1 heterocycles. The molecule has 170 valence electrons. The molecule has 0 bridgehead atoms. The van der Waals surface area contributed by atoms with Gasteiger partial charge in [-0.2, -0.15) is 0 Å². The van der Waals surface area contributed by atoms with E-state index in [1.165, 1.54) is 0 Å². The first kappa shape index (κ1) is 23.9. The lowest BCUT2D eigenvalue weighted by Gasteiger charge is -2.24. The lowest BCUT2D eigenvalue weighted by Crippen LogP contribution is -2.48. The molecule has 0 spiro atoms. The van der Waals surface area contributed by atoms with Gasteiger partial charge in [-0.3, -0.25) is 15.1 Å². The molecule has 9 heteroatoms. The molecule has 4 rings (SSSR count). The maximum atomic E-state index is 13.3. The zero-order chi connectivity index (χ0) is 23.7. The molecule has 2 unspecified atom stereocenters. The van der Waals surface area contributed by atoms with Gasteiger partial charge in [0.25, 0.3) is 5.91 Å². The Balaban J connectivity index is 1.72. The minimum Gasteiger partial charge on any atom is -0.361 e. The number of carbonyl (C=O) groups is 1. The molecule has 2 N–H and O–H groups in total. The van der Waals surface area contributed by atoms with Crippen molar-refractivity contribution in [2.45, 2.75) is 18.6 Å². The quantitative estimate of drug-likeness (QED) is 0.286. The van der Waals surface area contributed by atoms with Crippen molar-refractivity contribution in [1.29, 1.82) is 0 Å². The van der Waals surface area contributed by atoms with E-state index in [0.29, 0.717) is 37.6 Å². The number of aliphatic imine (C=N–C) groups is 1. The van der Waals surface area contributed by atoms with E-state index in [2.05, 4.69) is 23.3 Å². The summed E-state index contributed by atoms with van der Waals surface area (Å²) < 4.78 is 0. The van der Waals surface area contributed by atoms with Crippen LogP contribution in [0.2, 0.25) is 15.1 Å². The summed E-state index contributed by atoms with van der Waals surface area (Å²) in [6.45, 7) is 1.93. The van der Waals surface area contributed by atoms with Crippen LogP contribution in [0.15, 0.2) is 65.7 Å². The van der Waals surface area contributed by atoms with Crippen molar-refractivity contribution in [3.8, 4) is 0 Å².